The van der Waals surface area contributed by atoms with E-state index in [2.05, 4.69) is 41.1 Å². The Bertz CT molecular complexity index is 2360. The van der Waals surface area contributed by atoms with Gasteiger partial charge in [0.05, 0.1) is 22.3 Å². The van der Waals surface area contributed by atoms with Gasteiger partial charge in [-0.2, -0.15) is 0 Å². The normalized spacial score (nSPS) is 12.0. The molecular weight excluding hydrogens is 653 g/mol. The molecule has 1 amide bonds. The quantitative estimate of drug-likeness (QED) is 0.118. The number of carbonyl (C=O) groups excluding carboxylic acids is 1. The lowest BCUT2D eigenvalue weighted by molar-refractivity contribution is 0.0697. The minimum atomic E-state index is -0.949. The molecule has 7 rings (SSSR count). The molecule has 0 unspecified atom stereocenters. The number of carbonyl (C=O) groups is 2. The van der Waals surface area contributed by atoms with Gasteiger partial charge >= 0.3 is 5.97 Å². The Labute approximate surface area is 301 Å². The molecule has 0 bridgehead atoms. The van der Waals surface area contributed by atoms with E-state index in [-0.39, 0.29) is 17.5 Å². The van der Waals surface area contributed by atoms with E-state index in [1.807, 2.05) is 85.8 Å². The number of aromatic nitrogens is 2. The summed E-state index contributed by atoms with van der Waals surface area (Å²) in [6.45, 7) is 4.72. The third kappa shape index (κ3) is 7.14. The highest BCUT2D eigenvalue weighted by molar-refractivity contribution is 7.19. The Kier molecular flexibility index (Phi) is 9.68. The number of nitrogens with one attached hydrogen (secondary N) is 1. The Morgan fingerprint density at radius 2 is 1.61 bits per heavy atom. The molecule has 1 atom stereocenters. The first-order valence-corrected chi connectivity index (χ1v) is 18.1. The van der Waals surface area contributed by atoms with Gasteiger partial charge in [-0.05, 0) is 71.8 Å². The molecule has 0 saturated carbocycles. The lowest BCUT2D eigenvalue weighted by Crippen LogP contribution is -2.38. The van der Waals surface area contributed by atoms with Crippen LogP contribution in [0.2, 0.25) is 0 Å². The van der Waals surface area contributed by atoms with E-state index in [1.165, 1.54) is 0 Å². The molecule has 256 valence electrons. The number of benzene rings is 5. The zero-order valence-corrected chi connectivity index (χ0v) is 29.5. The molecule has 0 aliphatic carbocycles. The van der Waals surface area contributed by atoms with Crippen molar-refractivity contribution in [1.29, 1.82) is 0 Å². The van der Waals surface area contributed by atoms with Crippen LogP contribution in [0.15, 0.2) is 115 Å². The summed E-state index contributed by atoms with van der Waals surface area (Å²) in [6, 6.07) is 37.2. The lowest BCUT2D eigenvalue weighted by atomic mass is 9.98. The minimum absolute atomic E-state index is 0.133. The fourth-order valence-corrected chi connectivity index (χ4v) is 8.09. The summed E-state index contributed by atoms with van der Waals surface area (Å²) in [4.78, 5) is 32.1. The maximum atomic E-state index is 14.1. The number of imidazole rings is 1. The second-order valence-corrected chi connectivity index (χ2v) is 14.2. The number of hydrogen-bond donors (Lipinski definition) is 3. The van der Waals surface area contributed by atoms with Gasteiger partial charge in [0.1, 0.15) is 5.82 Å². The molecule has 0 fully saturated rings. The van der Waals surface area contributed by atoms with E-state index in [1.54, 1.807) is 23.5 Å². The smallest absolute Gasteiger partial charge is 0.336 e. The fraction of sp³-hybridized carbons (Fsp3) is 0.186. The number of carboxylic acid groups (broad SMARTS) is 1. The van der Waals surface area contributed by atoms with Gasteiger partial charge in [-0.25, -0.2) is 9.78 Å². The van der Waals surface area contributed by atoms with Gasteiger partial charge in [-0.1, -0.05) is 97.9 Å². The van der Waals surface area contributed by atoms with E-state index in [4.69, 9.17) is 10.7 Å². The molecule has 2 heterocycles. The highest BCUT2D eigenvalue weighted by Gasteiger charge is 2.22. The molecule has 0 aliphatic heterocycles. The van der Waals surface area contributed by atoms with Crippen molar-refractivity contribution >= 4 is 50.0 Å². The van der Waals surface area contributed by atoms with Crippen molar-refractivity contribution in [1.82, 2.24) is 14.9 Å². The Balaban J connectivity index is 1.19. The third-order valence-electron chi connectivity index (χ3n) is 9.43. The number of nitrogens with two attached hydrogens (primary N) is 1. The number of anilines is 1. The number of aryl methyl sites for hydroxylation is 2. The number of nitrogen functional groups attached to an aromatic ring is 1. The highest BCUT2D eigenvalue weighted by Crippen LogP contribution is 2.35. The van der Waals surface area contributed by atoms with Crippen LogP contribution < -0.4 is 11.1 Å². The zero-order chi connectivity index (χ0) is 35.5. The van der Waals surface area contributed by atoms with Crippen molar-refractivity contribution in [3.05, 3.63) is 154 Å². The van der Waals surface area contributed by atoms with Gasteiger partial charge in [-0.15, -0.1) is 11.3 Å². The summed E-state index contributed by atoms with van der Waals surface area (Å²) in [6.07, 6.45) is 3.03. The van der Waals surface area contributed by atoms with Crippen LogP contribution in [0, 0.1) is 6.92 Å². The van der Waals surface area contributed by atoms with Crippen molar-refractivity contribution in [2.24, 2.45) is 0 Å². The number of nitrogens with zero attached hydrogens (tertiary/aromatic N) is 2. The molecular formula is C43H40N4O3S. The monoisotopic (exact) mass is 692 g/mol. The van der Waals surface area contributed by atoms with E-state index in [9.17, 15) is 14.7 Å². The molecule has 4 N–H and O–H groups in total. The van der Waals surface area contributed by atoms with Gasteiger partial charge < -0.3 is 20.7 Å². The van der Waals surface area contributed by atoms with Crippen molar-refractivity contribution < 1.29 is 14.7 Å². The first-order valence-electron chi connectivity index (χ1n) is 17.3. The molecule has 8 heteroatoms. The minimum Gasteiger partial charge on any atom is -0.478 e. The van der Waals surface area contributed by atoms with Crippen LogP contribution >= 0.6 is 11.3 Å². The summed E-state index contributed by atoms with van der Waals surface area (Å²) < 4.78 is 3.36. The number of carboxylic acids is 1. The van der Waals surface area contributed by atoms with Crippen LogP contribution in [-0.4, -0.2) is 32.6 Å². The summed E-state index contributed by atoms with van der Waals surface area (Å²) in [5.74, 6) is -0.114. The molecule has 0 saturated heterocycles. The summed E-state index contributed by atoms with van der Waals surface area (Å²) in [7, 11) is 0. The number of thiophene rings is 1. The van der Waals surface area contributed by atoms with Crippen LogP contribution in [0.5, 0.6) is 0 Å². The Morgan fingerprint density at radius 3 is 2.35 bits per heavy atom. The van der Waals surface area contributed by atoms with Crippen LogP contribution in [0.4, 0.5) is 5.69 Å². The van der Waals surface area contributed by atoms with Crippen molar-refractivity contribution in [2.45, 2.75) is 52.1 Å². The van der Waals surface area contributed by atoms with E-state index >= 15 is 0 Å². The van der Waals surface area contributed by atoms with E-state index < -0.39 is 5.97 Å². The second-order valence-electron chi connectivity index (χ2n) is 13.1. The van der Waals surface area contributed by atoms with Gasteiger partial charge in [-0.3, -0.25) is 4.79 Å². The predicted molar refractivity (Wildman–Crippen MR) is 208 cm³/mol. The first-order chi connectivity index (χ1) is 24.8. The Morgan fingerprint density at radius 1 is 0.882 bits per heavy atom. The van der Waals surface area contributed by atoms with Crippen LogP contribution in [-0.2, 0) is 25.8 Å². The number of rotatable bonds is 12. The average Bonchev–Trinajstić information content (AvgIpc) is 3.65. The van der Waals surface area contributed by atoms with Crippen molar-refractivity contribution in [3.63, 3.8) is 0 Å². The van der Waals surface area contributed by atoms with E-state index in [0.717, 1.165) is 72.6 Å². The number of aromatic carboxylic acids is 1. The molecule has 7 aromatic rings. The van der Waals surface area contributed by atoms with Crippen LogP contribution in [0.3, 0.4) is 0 Å². The second kappa shape index (κ2) is 14.6. The van der Waals surface area contributed by atoms with Gasteiger partial charge in [0.15, 0.2) is 0 Å². The van der Waals surface area contributed by atoms with Crippen molar-refractivity contribution in [3.8, 4) is 11.1 Å². The van der Waals surface area contributed by atoms with Gasteiger partial charge in [0.2, 0.25) is 0 Å². The number of amides is 1. The van der Waals surface area contributed by atoms with E-state index in [0.29, 0.717) is 30.5 Å². The largest absolute Gasteiger partial charge is 0.478 e. The van der Waals surface area contributed by atoms with Crippen LogP contribution in [0.25, 0.3) is 32.2 Å². The molecule has 51 heavy (non-hydrogen) atoms. The fourth-order valence-electron chi connectivity index (χ4n) is 6.89. The molecule has 5 aromatic carbocycles. The van der Waals surface area contributed by atoms with Gasteiger partial charge in [0.25, 0.3) is 5.91 Å². The predicted octanol–water partition coefficient (Wildman–Crippen LogP) is 9.09. The summed E-state index contributed by atoms with van der Waals surface area (Å²) >= 11 is 1.69. The molecule has 0 spiro atoms. The summed E-state index contributed by atoms with van der Waals surface area (Å²) in [5.41, 5.74) is 14.8. The highest BCUT2D eigenvalue weighted by atomic mass is 32.1. The third-order valence-corrected chi connectivity index (χ3v) is 10.6. The SMILES string of the molecule is CCCc1nc2c(C)cc(C(=O)N[C@H](Cc3ccccc3)Cc3sc4ccccc4c3N)cc2n1Cc1ccc(-c2ccccc2C(=O)O)cc1. The van der Waals surface area contributed by atoms with Crippen molar-refractivity contribution in [2.75, 3.05) is 5.73 Å². The molecule has 7 nitrogen and oxygen atoms in total. The Hall–Kier alpha value is -5.73. The van der Waals surface area contributed by atoms with Gasteiger partial charge in [0, 0.05) is 46.0 Å². The number of fused-ring (bicyclic) bond motifs is 2. The zero-order valence-electron chi connectivity index (χ0n) is 28.7. The molecule has 2 aromatic heterocycles. The number of hydrogen-bond acceptors (Lipinski definition) is 5. The lowest BCUT2D eigenvalue weighted by Gasteiger charge is -2.19. The topological polar surface area (TPSA) is 110 Å². The standard InChI is InChI=1S/C43H40N4O3S/c1-3-11-39-46-41-27(2)22-31(24-36(41)47(39)26-29-18-20-30(21-19-29)33-14-7-8-15-34(33)43(49)50)42(48)45-32(23-28-12-5-4-6-13-28)25-38-40(44)35-16-9-10-17-37(35)51-38/h4-10,12-22,24,32H,3,11,23,25-26,44H2,1-2H3,(H,45,48)(H,49,50)/t32-/m1/s1. The maximum absolute atomic E-state index is 14.1. The molecule has 0 radical (unpaired) electrons. The average molecular weight is 693 g/mol. The van der Waals surface area contributed by atoms with Crippen LogP contribution in [0.1, 0.15) is 61.5 Å². The maximum Gasteiger partial charge on any atom is 0.336 e. The first kappa shape index (κ1) is 33.8. The summed E-state index contributed by atoms with van der Waals surface area (Å²) in [5, 5.41) is 14.1. The molecule has 0 aliphatic rings.